The van der Waals surface area contributed by atoms with Crippen molar-refractivity contribution in [2.24, 2.45) is 0 Å². The minimum atomic E-state index is -0.427. The fourth-order valence-electron chi connectivity index (χ4n) is 3.40. The molecule has 0 unspecified atom stereocenters. The van der Waals surface area contributed by atoms with Gasteiger partial charge in [-0.1, -0.05) is 18.2 Å². The molecule has 2 heterocycles. The summed E-state index contributed by atoms with van der Waals surface area (Å²) in [5.74, 6) is 0. The highest BCUT2D eigenvalue weighted by Crippen LogP contribution is 2.36. The largest absolute Gasteiger partial charge is 0.456 e. The van der Waals surface area contributed by atoms with Crippen molar-refractivity contribution in [3.8, 4) is 0 Å². The Morgan fingerprint density at radius 1 is 0.760 bits per heavy atom. The summed E-state index contributed by atoms with van der Waals surface area (Å²) in [6.45, 7) is 0. The molecule has 120 valence electrons. The van der Waals surface area contributed by atoms with E-state index in [0.29, 0.717) is 38.6 Å². The third-order valence-corrected chi connectivity index (χ3v) is 4.43. The van der Waals surface area contributed by atoms with E-state index in [-0.39, 0.29) is 0 Å². The van der Waals surface area contributed by atoms with Crippen molar-refractivity contribution < 1.29 is 8.83 Å². The molecule has 0 spiro atoms. The van der Waals surface area contributed by atoms with Gasteiger partial charge in [0, 0.05) is 34.7 Å². The zero-order chi connectivity index (χ0) is 17.1. The maximum absolute atomic E-state index is 12.6. The van der Waals surface area contributed by atoms with Crippen molar-refractivity contribution in [1.29, 1.82) is 5.41 Å². The van der Waals surface area contributed by atoms with E-state index in [4.69, 9.17) is 20.0 Å². The van der Waals surface area contributed by atoms with Gasteiger partial charge in [0.2, 0.25) is 0 Å². The van der Waals surface area contributed by atoms with Crippen LogP contribution in [0.5, 0.6) is 0 Å². The zero-order valence-electron chi connectivity index (χ0n) is 13.0. The second kappa shape index (κ2) is 4.70. The van der Waals surface area contributed by atoms with Crippen LogP contribution in [-0.2, 0) is 0 Å². The Labute approximate surface area is 140 Å². The highest BCUT2D eigenvalue weighted by atomic mass is 16.4. The van der Waals surface area contributed by atoms with Crippen LogP contribution in [0.15, 0.2) is 68.2 Å². The topological polar surface area (TPSA) is 93.2 Å². The Balaban J connectivity index is 2.31. The van der Waals surface area contributed by atoms with E-state index in [1.807, 2.05) is 18.2 Å². The molecule has 5 nitrogen and oxygen atoms in total. The van der Waals surface area contributed by atoms with E-state index < -0.39 is 5.63 Å². The maximum atomic E-state index is 12.6. The Morgan fingerprint density at radius 2 is 1.48 bits per heavy atom. The van der Waals surface area contributed by atoms with Crippen molar-refractivity contribution in [2.75, 3.05) is 5.73 Å². The number of nitrogen functional groups attached to an aromatic ring is 1. The first-order valence-corrected chi connectivity index (χ1v) is 7.78. The average molecular weight is 328 g/mol. The second-order valence-electron chi connectivity index (χ2n) is 6.02. The standard InChI is InChI=1S/C20H12N2O3/c21-10-5-6-14-15(7-10)24-16-8-11(22)9-17-19(16)18(14)12-3-1-2-4-13(12)20(23)25-17/h1-9,21H,22H2. The lowest BCUT2D eigenvalue weighted by atomic mass is 10.0. The minimum Gasteiger partial charge on any atom is -0.456 e. The molecule has 0 bridgehead atoms. The lowest BCUT2D eigenvalue weighted by Gasteiger charge is -2.07. The van der Waals surface area contributed by atoms with Gasteiger partial charge >= 0.3 is 5.63 Å². The lowest BCUT2D eigenvalue weighted by molar-refractivity contribution is 0.571. The van der Waals surface area contributed by atoms with Crippen LogP contribution < -0.4 is 16.7 Å². The van der Waals surface area contributed by atoms with Gasteiger partial charge < -0.3 is 20.0 Å². The summed E-state index contributed by atoms with van der Waals surface area (Å²) in [4.78, 5) is 12.6. The number of nitrogens with two attached hydrogens (primary N) is 1. The summed E-state index contributed by atoms with van der Waals surface area (Å²) < 4.78 is 11.6. The van der Waals surface area contributed by atoms with Crippen LogP contribution in [0.4, 0.5) is 5.69 Å². The van der Waals surface area contributed by atoms with E-state index >= 15 is 0 Å². The summed E-state index contributed by atoms with van der Waals surface area (Å²) in [5, 5.41) is 11.9. The van der Waals surface area contributed by atoms with Crippen LogP contribution in [0, 0.1) is 5.41 Å². The molecule has 5 rings (SSSR count). The molecule has 0 amide bonds. The number of nitrogens with one attached hydrogen (secondary N) is 1. The molecule has 0 fully saturated rings. The zero-order valence-corrected chi connectivity index (χ0v) is 13.0. The Morgan fingerprint density at radius 3 is 2.28 bits per heavy atom. The van der Waals surface area contributed by atoms with Gasteiger partial charge in [0.15, 0.2) is 0 Å². The third-order valence-electron chi connectivity index (χ3n) is 4.43. The molecule has 0 aliphatic heterocycles. The molecular weight excluding hydrogens is 316 g/mol. The Bertz CT molecular complexity index is 1440. The molecule has 2 aromatic heterocycles. The van der Waals surface area contributed by atoms with Crippen molar-refractivity contribution in [3.05, 3.63) is 70.4 Å². The van der Waals surface area contributed by atoms with Crippen LogP contribution in [0.3, 0.4) is 0 Å². The first-order chi connectivity index (χ1) is 12.1. The molecule has 0 aliphatic carbocycles. The van der Waals surface area contributed by atoms with E-state index in [1.165, 1.54) is 0 Å². The van der Waals surface area contributed by atoms with Gasteiger partial charge in [0.1, 0.15) is 16.7 Å². The maximum Gasteiger partial charge on any atom is 0.344 e. The number of anilines is 1. The number of benzene rings is 3. The summed E-state index contributed by atoms with van der Waals surface area (Å²) in [6.07, 6.45) is 0. The molecule has 0 saturated carbocycles. The first-order valence-electron chi connectivity index (χ1n) is 7.78. The predicted molar refractivity (Wildman–Crippen MR) is 97.5 cm³/mol. The van der Waals surface area contributed by atoms with Crippen molar-refractivity contribution in [3.63, 3.8) is 0 Å². The molecular formula is C20H12N2O3. The van der Waals surface area contributed by atoms with Crippen LogP contribution in [0.1, 0.15) is 0 Å². The average Bonchev–Trinajstić information content (AvgIpc) is 2.71. The number of hydrogen-bond acceptors (Lipinski definition) is 5. The number of rotatable bonds is 0. The van der Waals surface area contributed by atoms with E-state index in [0.717, 1.165) is 16.2 Å². The van der Waals surface area contributed by atoms with E-state index in [1.54, 1.807) is 36.4 Å². The normalized spacial score (nSPS) is 11.7. The Hall–Kier alpha value is -3.60. The van der Waals surface area contributed by atoms with Gasteiger partial charge in [-0.15, -0.1) is 0 Å². The van der Waals surface area contributed by atoms with E-state index in [2.05, 4.69) is 0 Å². The molecule has 0 saturated heterocycles. The van der Waals surface area contributed by atoms with Gasteiger partial charge in [-0.05, 0) is 23.6 Å². The summed E-state index contributed by atoms with van der Waals surface area (Å²) in [6, 6.07) is 15.9. The van der Waals surface area contributed by atoms with Crippen LogP contribution >= 0.6 is 0 Å². The number of fused-ring (bicyclic) bond motifs is 4. The van der Waals surface area contributed by atoms with Gasteiger partial charge in [0.05, 0.1) is 16.1 Å². The highest BCUT2D eigenvalue weighted by Gasteiger charge is 2.15. The summed E-state index contributed by atoms with van der Waals surface area (Å²) in [5.41, 5.74) is 7.44. The van der Waals surface area contributed by atoms with Crippen molar-refractivity contribution in [1.82, 2.24) is 0 Å². The van der Waals surface area contributed by atoms with E-state index in [9.17, 15) is 4.79 Å². The molecule has 0 radical (unpaired) electrons. The quantitative estimate of drug-likeness (QED) is 0.333. The van der Waals surface area contributed by atoms with Crippen LogP contribution in [0.25, 0.3) is 43.7 Å². The molecule has 5 heteroatoms. The monoisotopic (exact) mass is 328 g/mol. The number of hydrogen-bond donors (Lipinski definition) is 2. The SMILES string of the molecule is N=c1ccc2c(c1)oc1cc(N)cc3oc(=O)c4ccccc4c2c31. The fourth-order valence-corrected chi connectivity index (χ4v) is 3.40. The summed E-state index contributed by atoms with van der Waals surface area (Å²) in [7, 11) is 0. The molecule has 25 heavy (non-hydrogen) atoms. The predicted octanol–water partition coefficient (Wildman–Crippen LogP) is 3.91. The minimum absolute atomic E-state index is 0.348. The molecule has 3 N–H and O–H groups in total. The first kappa shape index (κ1) is 13.8. The van der Waals surface area contributed by atoms with Crippen molar-refractivity contribution >= 4 is 49.4 Å². The molecule has 3 aromatic carbocycles. The Kier molecular flexibility index (Phi) is 2.60. The third kappa shape index (κ3) is 1.89. The van der Waals surface area contributed by atoms with Gasteiger partial charge in [-0.3, -0.25) is 0 Å². The van der Waals surface area contributed by atoms with Crippen LogP contribution in [-0.4, -0.2) is 0 Å². The summed E-state index contributed by atoms with van der Waals surface area (Å²) >= 11 is 0. The molecule has 0 atom stereocenters. The molecule has 5 aromatic rings. The van der Waals surface area contributed by atoms with Gasteiger partial charge in [-0.25, -0.2) is 4.79 Å². The van der Waals surface area contributed by atoms with Gasteiger partial charge in [0.25, 0.3) is 0 Å². The lowest BCUT2D eigenvalue weighted by Crippen LogP contribution is -1.95. The highest BCUT2D eigenvalue weighted by molar-refractivity contribution is 6.25. The second-order valence-corrected chi connectivity index (χ2v) is 6.02. The van der Waals surface area contributed by atoms with Crippen molar-refractivity contribution in [2.45, 2.75) is 0 Å². The van der Waals surface area contributed by atoms with Gasteiger partial charge in [-0.2, -0.15) is 0 Å². The smallest absolute Gasteiger partial charge is 0.344 e. The fraction of sp³-hybridized carbons (Fsp3) is 0. The molecule has 0 aliphatic rings. The van der Waals surface area contributed by atoms with Crippen LogP contribution in [0.2, 0.25) is 0 Å².